The van der Waals surface area contributed by atoms with Gasteiger partial charge in [0.25, 0.3) is 0 Å². The summed E-state index contributed by atoms with van der Waals surface area (Å²) in [7, 11) is -1.64. The van der Waals surface area contributed by atoms with Crippen molar-refractivity contribution in [2.24, 2.45) is 0 Å². The van der Waals surface area contributed by atoms with Crippen molar-refractivity contribution >= 4 is 15.9 Å². The molecule has 0 heterocycles. The molecule has 7 heteroatoms. The number of hydrogen-bond acceptors (Lipinski definition) is 4. The van der Waals surface area contributed by atoms with Crippen LogP contribution < -0.4 is 10.0 Å². The molecular formula is C8H18N2O4S. The Morgan fingerprint density at radius 3 is 2.53 bits per heavy atom. The highest BCUT2D eigenvalue weighted by Crippen LogP contribution is 1.82. The summed E-state index contributed by atoms with van der Waals surface area (Å²) in [6.45, 7) is 2.43. The van der Waals surface area contributed by atoms with Crippen molar-refractivity contribution in [1.82, 2.24) is 10.0 Å². The number of carbonyl (C=O) groups excluding carboxylic acids is 1. The van der Waals surface area contributed by atoms with Crippen LogP contribution in [0.2, 0.25) is 0 Å². The lowest BCUT2D eigenvalue weighted by molar-refractivity contribution is -0.121. The average molecular weight is 238 g/mol. The Kier molecular flexibility index (Phi) is 7.27. The van der Waals surface area contributed by atoms with E-state index in [0.29, 0.717) is 13.2 Å². The maximum Gasteiger partial charge on any atom is 0.222 e. The molecule has 0 aromatic carbocycles. The van der Waals surface area contributed by atoms with Crippen LogP contribution in [0.4, 0.5) is 0 Å². The molecule has 0 saturated carbocycles. The Morgan fingerprint density at radius 1 is 1.33 bits per heavy atom. The van der Waals surface area contributed by atoms with Crippen LogP contribution in [0.15, 0.2) is 0 Å². The summed E-state index contributed by atoms with van der Waals surface area (Å²) in [5.41, 5.74) is 0. The van der Waals surface area contributed by atoms with Gasteiger partial charge in [-0.05, 0) is 6.92 Å². The molecule has 0 saturated heterocycles. The first kappa shape index (κ1) is 14.3. The van der Waals surface area contributed by atoms with E-state index < -0.39 is 10.0 Å². The number of rotatable bonds is 8. The predicted octanol–water partition coefficient (Wildman–Crippen LogP) is -0.922. The molecule has 0 aromatic heterocycles. The molecule has 0 rings (SSSR count). The van der Waals surface area contributed by atoms with Gasteiger partial charge in [-0.1, -0.05) is 0 Å². The number of hydrogen-bond donors (Lipinski definition) is 2. The summed E-state index contributed by atoms with van der Waals surface area (Å²) < 4.78 is 29.0. The zero-order valence-electron chi connectivity index (χ0n) is 9.08. The molecule has 0 aromatic rings. The fraction of sp³-hybridized carbons (Fsp3) is 0.875. The fourth-order valence-electron chi connectivity index (χ4n) is 0.794. The molecule has 0 atom stereocenters. The van der Waals surface area contributed by atoms with Gasteiger partial charge in [-0.15, -0.1) is 0 Å². The lowest BCUT2D eigenvalue weighted by atomic mass is 10.4. The van der Waals surface area contributed by atoms with Gasteiger partial charge in [0, 0.05) is 26.6 Å². The van der Waals surface area contributed by atoms with Crippen molar-refractivity contribution < 1.29 is 17.9 Å². The van der Waals surface area contributed by atoms with E-state index in [1.54, 1.807) is 6.92 Å². The number of carbonyl (C=O) groups is 1. The normalized spacial score (nSPS) is 11.3. The van der Waals surface area contributed by atoms with Crippen molar-refractivity contribution in [3.05, 3.63) is 0 Å². The number of sulfonamides is 1. The predicted molar refractivity (Wildman–Crippen MR) is 57.0 cm³/mol. The Hall–Kier alpha value is -0.660. The van der Waals surface area contributed by atoms with E-state index in [2.05, 4.69) is 10.0 Å². The van der Waals surface area contributed by atoms with E-state index in [9.17, 15) is 13.2 Å². The minimum atomic E-state index is -3.16. The van der Waals surface area contributed by atoms with Gasteiger partial charge in [-0.3, -0.25) is 4.79 Å². The zero-order valence-corrected chi connectivity index (χ0v) is 9.89. The SMILES string of the molecule is CCS(=O)(=O)NCCNC(=O)CCOC. The van der Waals surface area contributed by atoms with Gasteiger partial charge in [0.1, 0.15) is 0 Å². The molecule has 0 bridgehead atoms. The lowest BCUT2D eigenvalue weighted by Crippen LogP contribution is -2.35. The van der Waals surface area contributed by atoms with E-state index >= 15 is 0 Å². The number of nitrogens with one attached hydrogen (secondary N) is 2. The van der Waals surface area contributed by atoms with Crippen LogP contribution >= 0.6 is 0 Å². The Labute approximate surface area is 90.4 Å². The summed E-state index contributed by atoms with van der Waals surface area (Å²) in [5, 5.41) is 2.57. The maximum atomic E-state index is 11.0. The summed E-state index contributed by atoms with van der Waals surface area (Å²) >= 11 is 0. The second kappa shape index (κ2) is 7.61. The van der Waals surface area contributed by atoms with E-state index in [-0.39, 0.29) is 24.6 Å². The van der Waals surface area contributed by atoms with Gasteiger partial charge < -0.3 is 10.1 Å². The minimum Gasteiger partial charge on any atom is -0.384 e. The molecule has 1 amide bonds. The lowest BCUT2D eigenvalue weighted by Gasteiger charge is -2.06. The van der Waals surface area contributed by atoms with Crippen LogP contribution in [0.25, 0.3) is 0 Å². The topological polar surface area (TPSA) is 84.5 Å². The summed E-state index contributed by atoms with van der Waals surface area (Å²) in [5.74, 6) is -0.0995. The zero-order chi connectivity index (χ0) is 11.7. The van der Waals surface area contributed by atoms with Gasteiger partial charge in [-0.25, -0.2) is 13.1 Å². The molecule has 6 nitrogen and oxygen atoms in total. The van der Waals surface area contributed by atoms with Crippen LogP contribution in [-0.4, -0.2) is 46.9 Å². The van der Waals surface area contributed by atoms with Crippen molar-refractivity contribution in [2.45, 2.75) is 13.3 Å². The molecule has 0 spiro atoms. The molecule has 0 unspecified atom stereocenters. The fourth-order valence-corrected chi connectivity index (χ4v) is 1.41. The van der Waals surface area contributed by atoms with Crippen LogP contribution in [0.5, 0.6) is 0 Å². The van der Waals surface area contributed by atoms with Crippen molar-refractivity contribution in [1.29, 1.82) is 0 Å². The molecule has 15 heavy (non-hydrogen) atoms. The maximum absolute atomic E-state index is 11.0. The molecule has 0 aliphatic rings. The monoisotopic (exact) mass is 238 g/mol. The van der Waals surface area contributed by atoms with Gasteiger partial charge in [0.05, 0.1) is 12.4 Å². The highest BCUT2D eigenvalue weighted by Gasteiger charge is 2.05. The van der Waals surface area contributed by atoms with Crippen molar-refractivity contribution in [3.8, 4) is 0 Å². The first-order chi connectivity index (χ1) is 7.02. The Morgan fingerprint density at radius 2 is 2.00 bits per heavy atom. The molecule has 0 aliphatic carbocycles. The van der Waals surface area contributed by atoms with Crippen molar-refractivity contribution in [3.63, 3.8) is 0 Å². The Bertz CT molecular complexity index is 276. The number of amides is 1. The first-order valence-corrected chi connectivity index (χ1v) is 6.40. The highest BCUT2D eigenvalue weighted by molar-refractivity contribution is 7.89. The summed E-state index contributed by atoms with van der Waals surface area (Å²) in [6.07, 6.45) is 0.289. The summed E-state index contributed by atoms with van der Waals surface area (Å²) in [6, 6.07) is 0. The van der Waals surface area contributed by atoms with Crippen LogP contribution in [0.1, 0.15) is 13.3 Å². The van der Waals surface area contributed by atoms with E-state index in [0.717, 1.165) is 0 Å². The van der Waals surface area contributed by atoms with Gasteiger partial charge in [0.2, 0.25) is 15.9 Å². The van der Waals surface area contributed by atoms with E-state index in [4.69, 9.17) is 4.74 Å². The number of ether oxygens (including phenoxy) is 1. The molecule has 0 aliphatic heterocycles. The standard InChI is InChI=1S/C8H18N2O4S/c1-3-15(12,13)10-6-5-9-8(11)4-7-14-2/h10H,3-7H2,1-2H3,(H,9,11). The molecule has 0 radical (unpaired) electrons. The molecule has 90 valence electrons. The smallest absolute Gasteiger partial charge is 0.222 e. The van der Waals surface area contributed by atoms with E-state index in [1.807, 2.05) is 0 Å². The quantitative estimate of drug-likeness (QED) is 0.536. The summed E-state index contributed by atoms with van der Waals surface area (Å²) in [4.78, 5) is 11.0. The average Bonchev–Trinajstić information content (AvgIpc) is 2.21. The second-order valence-electron chi connectivity index (χ2n) is 2.89. The van der Waals surface area contributed by atoms with Crippen LogP contribution in [0.3, 0.4) is 0 Å². The van der Waals surface area contributed by atoms with Gasteiger partial charge in [0.15, 0.2) is 0 Å². The van der Waals surface area contributed by atoms with Crippen molar-refractivity contribution in [2.75, 3.05) is 32.6 Å². The molecule has 0 fully saturated rings. The van der Waals surface area contributed by atoms with Gasteiger partial charge in [-0.2, -0.15) is 0 Å². The molecule has 2 N–H and O–H groups in total. The first-order valence-electron chi connectivity index (χ1n) is 4.74. The third-order valence-corrected chi connectivity index (χ3v) is 3.09. The highest BCUT2D eigenvalue weighted by atomic mass is 32.2. The molecular weight excluding hydrogens is 220 g/mol. The largest absolute Gasteiger partial charge is 0.384 e. The van der Waals surface area contributed by atoms with Gasteiger partial charge >= 0.3 is 0 Å². The van der Waals surface area contributed by atoms with E-state index in [1.165, 1.54) is 7.11 Å². The Balaban J connectivity index is 3.50. The third-order valence-electron chi connectivity index (χ3n) is 1.68. The van der Waals surface area contributed by atoms with Crippen LogP contribution in [0, 0.1) is 0 Å². The number of methoxy groups -OCH3 is 1. The van der Waals surface area contributed by atoms with Crippen LogP contribution in [-0.2, 0) is 19.6 Å². The third kappa shape index (κ3) is 8.34. The minimum absolute atomic E-state index is 0.0463. The second-order valence-corrected chi connectivity index (χ2v) is 4.99.